The van der Waals surface area contributed by atoms with Gasteiger partial charge in [-0.05, 0) is 55.7 Å². The van der Waals surface area contributed by atoms with E-state index in [2.05, 4.69) is 62.1 Å². The summed E-state index contributed by atoms with van der Waals surface area (Å²) in [7, 11) is 0. The van der Waals surface area contributed by atoms with Crippen molar-refractivity contribution >= 4 is 11.4 Å². The quantitative estimate of drug-likeness (QED) is 0.615. The summed E-state index contributed by atoms with van der Waals surface area (Å²) in [4.78, 5) is 2.42. The van der Waals surface area contributed by atoms with E-state index in [4.69, 9.17) is 4.74 Å². The minimum atomic E-state index is 0.980. The molecular formula is C20H25NO. The molecule has 3 rings (SSSR count). The molecule has 1 heterocycles. The van der Waals surface area contributed by atoms with E-state index in [-0.39, 0.29) is 0 Å². The average molecular weight is 295 g/mol. The monoisotopic (exact) mass is 295 g/mol. The molecule has 2 aromatic rings. The van der Waals surface area contributed by atoms with Crippen LogP contribution in [0.25, 0.3) is 0 Å². The normalized spacial score (nSPS) is 12.6. The van der Waals surface area contributed by atoms with Crippen LogP contribution in [0.3, 0.4) is 0 Å². The number of benzene rings is 2. The number of unbranched alkanes of at least 4 members (excludes halogenated alkanes) is 3. The summed E-state index contributed by atoms with van der Waals surface area (Å²) in [6, 6.07) is 13.0. The van der Waals surface area contributed by atoms with Crippen LogP contribution in [0, 0.1) is 13.8 Å². The van der Waals surface area contributed by atoms with Crippen LogP contribution in [0.15, 0.2) is 36.4 Å². The van der Waals surface area contributed by atoms with Crippen molar-refractivity contribution in [2.75, 3.05) is 11.4 Å². The molecule has 0 aliphatic carbocycles. The van der Waals surface area contributed by atoms with Gasteiger partial charge in [0, 0.05) is 6.54 Å². The van der Waals surface area contributed by atoms with E-state index < -0.39 is 0 Å². The van der Waals surface area contributed by atoms with Crippen molar-refractivity contribution in [3.63, 3.8) is 0 Å². The predicted molar refractivity (Wildman–Crippen MR) is 93.6 cm³/mol. The molecule has 2 nitrogen and oxygen atoms in total. The first kappa shape index (κ1) is 15.0. The molecule has 0 saturated heterocycles. The van der Waals surface area contributed by atoms with E-state index >= 15 is 0 Å². The highest BCUT2D eigenvalue weighted by atomic mass is 16.5. The van der Waals surface area contributed by atoms with Crippen LogP contribution in [0.1, 0.15) is 43.7 Å². The highest BCUT2D eigenvalue weighted by molar-refractivity contribution is 5.78. The summed E-state index contributed by atoms with van der Waals surface area (Å²) >= 11 is 0. The molecule has 0 aromatic heterocycles. The van der Waals surface area contributed by atoms with Crippen molar-refractivity contribution in [3.05, 3.63) is 47.5 Å². The first-order valence-electron chi connectivity index (χ1n) is 8.35. The van der Waals surface area contributed by atoms with Crippen molar-refractivity contribution in [2.24, 2.45) is 0 Å². The van der Waals surface area contributed by atoms with Crippen molar-refractivity contribution in [1.82, 2.24) is 0 Å². The highest BCUT2D eigenvalue weighted by Gasteiger charge is 2.24. The van der Waals surface area contributed by atoms with Crippen molar-refractivity contribution in [3.8, 4) is 11.5 Å². The smallest absolute Gasteiger partial charge is 0.151 e. The number of anilines is 2. The van der Waals surface area contributed by atoms with Gasteiger partial charge in [0.2, 0.25) is 0 Å². The van der Waals surface area contributed by atoms with Gasteiger partial charge in [-0.2, -0.15) is 0 Å². The summed E-state index contributed by atoms with van der Waals surface area (Å²) in [6.45, 7) is 7.53. The number of ether oxygens (including phenoxy) is 1. The van der Waals surface area contributed by atoms with Crippen molar-refractivity contribution < 1.29 is 4.74 Å². The SMILES string of the molecule is CCCCCCN1c2ccc(C)cc2Oc2cc(C)ccc21. The van der Waals surface area contributed by atoms with E-state index in [0.29, 0.717) is 0 Å². The average Bonchev–Trinajstić information content (AvgIpc) is 2.50. The van der Waals surface area contributed by atoms with Crippen LogP contribution in [-0.2, 0) is 0 Å². The fraction of sp³-hybridized carbons (Fsp3) is 0.400. The number of rotatable bonds is 5. The van der Waals surface area contributed by atoms with E-state index in [1.54, 1.807) is 0 Å². The predicted octanol–water partition coefficient (Wildman–Crippen LogP) is 6.13. The third kappa shape index (κ3) is 2.96. The van der Waals surface area contributed by atoms with Crippen molar-refractivity contribution in [2.45, 2.75) is 46.5 Å². The van der Waals surface area contributed by atoms with E-state index in [1.807, 2.05) is 0 Å². The number of fused-ring (bicyclic) bond motifs is 2. The molecule has 0 amide bonds. The molecule has 0 atom stereocenters. The lowest BCUT2D eigenvalue weighted by molar-refractivity contribution is 0.471. The van der Waals surface area contributed by atoms with E-state index in [0.717, 1.165) is 18.0 Å². The molecule has 0 bridgehead atoms. The van der Waals surface area contributed by atoms with Gasteiger partial charge >= 0.3 is 0 Å². The molecule has 1 aliphatic heterocycles. The Morgan fingerprint density at radius 3 is 1.95 bits per heavy atom. The molecule has 0 unspecified atom stereocenters. The maximum absolute atomic E-state index is 6.16. The molecule has 0 saturated carbocycles. The second-order valence-corrected chi connectivity index (χ2v) is 6.26. The first-order valence-corrected chi connectivity index (χ1v) is 8.35. The summed E-state index contributed by atoms with van der Waals surface area (Å²) in [5.74, 6) is 1.96. The van der Waals surface area contributed by atoms with Crippen LogP contribution in [0.2, 0.25) is 0 Å². The fourth-order valence-corrected chi connectivity index (χ4v) is 3.04. The number of hydrogen-bond donors (Lipinski definition) is 0. The Hall–Kier alpha value is -1.96. The Balaban J connectivity index is 1.93. The molecule has 0 radical (unpaired) electrons. The molecule has 0 fully saturated rings. The fourth-order valence-electron chi connectivity index (χ4n) is 3.04. The number of nitrogens with zero attached hydrogens (tertiary/aromatic N) is 1. The Kier molecular flexibility index (Phi) is 4.37. The lowest BCUT2D eigenvalue weighted by Crippen LogP contribution is -2.22. The summed E-state index contributed by atoms with van der Waals surface area (Å²) < 4.78 is 6.16. The van der Waals surface area contributed by atoms with Crippen LogP contribution in [0.4, 0.5) is 11.4 Å². The third-order valence-corrected chi connectivity index (χ3v) is 4.27. The van der Waals surface area contributed by atoms with Gasteiger partial charge in [0.25, 0.3) is 0 Å². The molecule has 0 N–H and O–H groups in total. The molecule has 2 heteroatoms. The van der Waals surface area contributed by atoms with E-state index in [9.17, 15) is 0 Å². The van der Waals surface area contributed by atoms with Gasteiger partial charge < -0.3 is 9.64 Å². The Morgan fingerprint density at radius 2 is 1.41 bits per heavy atom. The third-order valence-electron chi connectivity index (χ3n) is 4.27. The first-order chi connectivity index (χ1) is 10.7. The van der Waals surface area contributed by atoms with Crippen LogP contribution < -0.4 is 9.64 Å². The van der Waals surface area contributed by atoms with Gasteiger partial charge in [-0.3, -0.25) is 0 Å². The summed E-state index contributed by atoms with van der Waals surface area (Å²) in [5, 5.41) is 0. The molecule has 116 valence electrons. The lowest BCUT2D eigenvalue weighted by Gasteiger charge is -2.33. The Labute approximate surface area is 133 Å². The minimum Gasteiger partial charge on any atom is -0.453 e. The second-order valence-electron chi connectivity index (χ2n) is 6.26. The number of hydrogen-bond acceptors (Lipinski definition) is 2. The van der Waals surface area contributed by atoms with Crippen LogP contribution in [0.5, 0.6) is 11.5 Å². The zero-order valence-electron chi connectivity index (χ0n) is 13.9. The van der Waals surface area contributed by atoms with Crippen LogP contribution in [-0.4, -0.2) is 6.54 Å². The zero-order valence-corrected chi connectivity index (χ0v) is 13.9. The second kappa shape index (κ2) is 6.43. The lowest BCUT2D eigenvalue weighted by atomic mass is 10.1. The molecule has 2 aromatic carbocycles. The Bertz CT molecular complexity index is 611. The number of aryl methyl sites for hydroxylation is 2. The standard InChI is InChI=1S/C20H25NO/c1-4-5-6-7-12-21-17-10-8-15(2)13-19(17)22-20-14-16(3)9-11-18(20)21/h8-11,13-14H,4-7,12H2,1-3H3. The zero-order chi connectivity index (χ0) is 15.5. The minimum absolute atomic E-state index is 0.980. The maximum atomic E-state index is 6.16. The molecule has 22 heavy (non-hydrogen) atoms. The highest BCUT2D eigenvalue weighted by Crippen LogP contribution is 2.47. The summed E-state index contributed by atoms with van der Waals surface area (Å²) in [6.07, 6.45) is 5.09. The summed E-state index contributed by atoms with van der Waals surface area (Å²) in [5.41, 5.74) is 4.86. The van der Waals surface area contributed by atoms with E-state index in [1.165, 1.54) is 48.2 Å². The topological polar surface area (TPSA) is 12.5 Å². The van der Waals surface area contributed by atoms with Crippen molar-refractivity contribution in [1.29, 1.82) is 0 Å². The van der Waals surface area contributed by atoms with Gasteiger partial charge in [-0.25, -0.2) is 0 Å². The Morgan fingerprint density at radius 1 is 0.818 bits per heavy atom. The van der Waals surface area contributed by atoms with Crippen LogP contribution >= 0.6 is 0 Å². The van der Waals surface area contributed by atoms with Gasteiger partial charge in [0.15, 0.2) is 11.5 Å². The molecular weight excluding hydrogens is 270 g/mol. The van der Waals surface area contributed by atoms with Gasteiger partial charge in [0.1, 0.15) is 0 Å². The largest absolute Gasteiger partial charge is 0.453 e. The molecule has 1 aliphatic rings. The van der Waals surface area contributed by atoms with Gasteiger partial charge in [0.05, 0.1) is 11.4 Å². The van der Waals surface area contributed by atoms with Gasteiger partial charge in [-0.1, -0.05) is 38.3 Å². The molecule has 0 spiro atoms. The maximum Gasteiger partial charge on any atom is 0.151 e. The van der Waals surface area contributed by atoms with Gasteiger partial charge in [-0.15, -0.1) is 0 Å².